The van der Waals surface area contributed by atoms with Crippen LogP contribution in [-0.4, -0.2) is 25.2 Å². The van der Waals surface area contributed by atoms with Gasteiger partial charge in [-0.1, -0.05) is 13.3 Å². The van der Waals surface area contributed by atoms with Crippen LogP contribution >= 0.6 is 0 Å². The average molecular weight is 426 g/mol. The zero-order valence-electron chi connectivity index (χ0n) is 16.9. The molecule has 0 N–H and O–H groups in total. The molecule has 10 radical (unpaired) electrons. The number of carbonyl (C=O) groups excluding carboxylic acids is 2. The van der Waals surface area contributed by atoms with Crippen molar-refractivity contribution in [1.29, 1.82) is 0 Å². The van der Waals surface area contributed by atoms with Gasteiger partial charge in [0, 0.05) is 0 Å². The van der Waals surface area contributed by atoms with E-state index in [-0.39, 0.29) is 42.1 Å². The molecule has 0 heterocycles. The molecule has 0 aromatic carbocycles. The molecule has 3 fully saturated rings. The molecule has 4 nitrogen and oxygen atoms in total. The Kier molecular flexibility index (Phi) is 11.7. The van der Waals surface area contributed by atoms with Gasteiger partial charge >= 0.3 is 29.0 Å². The third kappa shape index (κ3) is 5.98. The molecule has 3 aliphatic carbocycles. The van der Waals surface area contributed by atoms with Gasteiger partial charge in [0.15, 0.2) is 5.41 Å². The first-order chi connectivity index (χ1) is 13.1. The van der Waals surface area contributed by atoms with Crippen molar-refractivity contribution < 1.29 is 36.1 Å². The normalized spacial score (nSPS) is 24.6. The molecule has 3 saturated carbocycles. The smallest absolute Gasteiger partial charge is 0.465 e. The SMILES string of the molecule is CCOC(=O)C1(C(=O)OCC)CCCC1C(C)[C]1[CH][CH][CH][CH]1.[CH]1[CH][CH][CH][CH]1.[Fe+2]. The van der Waals surface area contributed by atoms with Crippen LogP contribution in [0.25, 0.3) is 0 Å². The first kappa shape index (κ1) is 25.5. The molecule has 5 heteroatoms. The van der Waals surface area contributed by atoms with Crippen LogP contribution < -0.4 is 0 Å². The van der Waals surface area contributed by atoms with Crippen LogP contribution in [-0.2, 0) is 36.1 Å². The Morgan fingerprint density at radius 1 is 0.964 bits per heavy atom. The van der Waals surface area contributed by atoms with E-state index in [2.05, 4.69) is 6.92 Å². The van der Waals surface area contributed by atoms with Gasteiger partial charge in [-0.2, -0.15) is 0 Å². The van der Waals surface area contributed by atoms with E-state index in [0.29, 0.717) is 6.42 Å². The Morgan fingerprint density at radius 2 is 1.43 bits per heavy atom. The topological polar surface area (TPSA) is 52.6 Å². The van der Waals surface area contributed by atoms with Crippen molar-refractivity contribution in [3.63, 3.8) is 0 Å². The molecule has 0 saturated heterocycles. The zero-order chi connectivity index (χ0) is 19.7. The Bertz CT molecular complexity index is 444. The van der Waals surface area contributed by atoms with Gasteiger partial charge in [0.05, 0.1) is 13.2 Å². The number of rotatable bonds is 6. The van der Waals surface area contributed by atoms with Crippen LogP contribution in [0.3, 0.4) is 0 Å². The van der Waals surface area contributed by atoms with E-state index < -0.39 is 17.4 Å². The van der Waals surface area contributed by atoms with Crippen molar-refractivity contribution >= 4 is 11.9 Å². The van der Waals surface area contributed by atoms with Gasteiger partial charge in [-0.15, -0.1) is 0 Å². The number of hydrogen-bond donors (Lipinski definition) is 0. The maximum absolute atomic E-state index is 12.6. The standard InChI is InChI=1S/C18H25O4.C5H5.Fe/c1-4-21-16(19)18(17(20)22-5-2)12-8-11-15(18)13(3)14-9-6-7-10-14;1-2-4-5-3-1;/h6-7,9-10,13,15H,4-5,8,11-12H2,1-3H3;1-5H;/q;;+2. The van der Waals surface area contributed by atoms with Gasteiger partial charge in [0.1, 0.15) is 0 Å². The fourth-order valence-corrected chi connectivity index (χ4v) is 4.06. The molecule has 0 amide bonds. The van der Waals surface area contributed by atoms with E-state index in [0.717, 1.165) is 18.8 Å². The molecule has 2 atom stereocenters. The predicted molar refractivity (Wildman–Crippen MR) is 104 cm³/mol. The fourth-order valence-electron chi connectivity index (χ4n) is 4.06. The van der Waals surface area contributed by atoms with Crippen molar-refractivity contribution in [1.82, 2.24) is 0 Å². The summed E-state index contributed by atoms with van der Waals surface area (Å²) in [5.74, 6) is 0.355. The summed E-state index contributed by atoms with van der Waals surface area (Å²) < 4.78 is 10.5. The Morgan fingerprint density at radius 3 is 1.86 bits per heavy atom. The van der Waals surface area contributed by atoms with Gasteiger partial charge in [-0.05, 0) is 102 Å². The summed E-state index contributed by atoms with van der Waals surface area (Å²) in [6.07, 6.45) is 20.3. The molecule has 152 valence electrons. The van der Waals surface area contributed by atoms with Gasteiger partial charge < -0.3 is 9.47 Å². The van der Waals surface area contributed by atoms with Crippen LogP contribution in [0.15, 0.2) is 0 Å². The monoisotopic (exact) mass is 426 g/mol. The van der Waals surface area contributed by atoms with Crippen LogP contribution in [0, 0.1) is 81.0 Å². The summed E-state index contributed by atoms with van der Waals surface area (Å²) >= 11 is 0. The molecule has 2 unspecified atom stereocenters. The van der Waals surface area contributed by atoms with Crippen LogP contribution in [0.4, 0.5) is 0 Å². The van der Waals surface area contributed by atoms with Crippen molar-refractivity contribution in [2.24, 2.45) is 17.3 Å². The summed E-state index contributed by atoms with van der Waals surface area (Å²) in [4.78, 5) is 25.3. The van der Waals surface area contributed by atoms with Crippen molar-refractivity contribution in [3.05, 3.63) is 63.7 Å². The molecule has 0 spiro atoms. The van der Waals surface area contributed by atoms with Crippen molar-refractivity contribution in [3.8, 4) is 0 Å². The fraction of sp³-hybridized carbons (Fsp3) is 0.478. The van der Waals surface area contributed by atoms with Gasteiger partial charge in [0.2, 0.25) is 0 Å². The summed E-state index contributed by atoms with van der Waals surface area (Å²) in [6, 6.07) is 0. The quantitative estimate of drug-likeness (QED) is 0.367. The zero-order valence-corrected chi connectivity index (χ0v) is 18.0. The largest absolute Gasteiger partial charge is 2.00 e. The van der Waals surface area contributed by atoms with E-state index in [1.165, 1.54) is 0 Å². The van der Waals surface area contributed by atoms with Crippen LogP contribution in [0.5, 0.6) is 0 Å². The first-order valence-corrected chi connectivity index (χ1v) is 9.80. The van der Waals surface area contributed by atoms with Crippen molar-refractivity contribution in [2.75, 3.05) is 13.2 Å². The second-order valence-corrected chi connectivity index (χ2v) is 6.88. The van der Waals surface area contributed by atoms with Gasteiger partial charge in [-0.25, -0.2) is 0 Å². The average Bonchev–Trinajstić information content (AvgIpc) is 3.45. The van der Waals surface area contributed by atoms with Gasteiger partial charge in [-0.3, -0.25) is 9.59 Å². The van der Waals surface area contributed by atoms with Gasteiger partial charge in [0.25, 0.3) is 0 Å². The molecular weight excluding hydrogens is 396 g/mol. The maximum Gasteiger partial charge on any atom is 2.00 e. The summed E-state index contributed by atoms with van der Waals surface area (Å²) in [7, 11) is 0. The second kappa shape index (κ2) is 12.9. The van der Waals surface area contributed by atoms with Crippen LogP contribution in [0.1, 0.15) is 40.0 Å². The van der Waals surface area contributed by atoms with Crippen LogP contribution in [0.2, 0.25) is 0 Å². The first-order valence-electron chi connectivity index (χ1n) is 9.80. The van der Waals surface area contributed by atoms with Crippen molar-refractivity contribution in [2.45, 2.75) is 40.0 Å². The third-order valence-electron chi connectivity index (χ3n) is 5.37. The minimum Gasteiger partial charge on any atom is -0.465 e. The number of carbonyl (C=O) groups is 2. The number of esters is 2. The summed E-state index contributed by atoms with van der Waals surface area (Å²) in [6.45, 7) is 6.16. The maximum atomic E-state index is 12.6. The molecule has 28 heavy (non-hydrogen) atoms. The summed E-state index contributed by atoms with van der Waals surface area (Å²) in [5, 5.41) is 0. The van der Waals surface area contributed by atoms with E-state index in [4.69, 9.17) is 9.47 Å². The second-order valence-electron chi connectivity index (χ2n) is 6.88. The molecule has 0 aromatic rings. The van der Waals surface area contributed by atoms with E-state index in [1.54, 1.807) is 13.8 Å². The minimum atomic E-state index is -1.15. The van der Waals surface area contributed by atoms with E-state index in [1.807, 2.05) is 57.8 Å². The Labute approximate surface area is 182 Å². The predicted octanol–water partition coefficient (Wildman–Crippen LogP) is 3.96. The minimum absolute atomic E-state index is 0. The Hall–Kier alpha value is -0.541. The number of hydrogen-bond acceptors (Lipinski definition) is 4. The van der Waals surface area contributed by atoms with E-state index >= 15 is 0 Å². The molecule has 0 bridgehead atoms. The molecule has 3 rings (SSSR count). The summed E-state index contributed by atoms with van der Waals surface area (Å²) in [5.41, 5.74) is -1.15. The molecule has 0 aliphatic heterocycles. The Balaban J connectivity index is 0.000000567. The molecule has 3 aliphatic rings. The molecule has 0 aromatic heterocycles. The van der Waals surface area contributed by atoms with E-state index in [9.17, 15) is 9.59 Å². The number of ether oxygens (including phenoxy) is 2. The molecular formula is C23H30FeO4+2. The third-order valence-corrected chi connectivity index (χ3v) is 5.37.